The van der Waals surface area contributed by atoms with Gasteiger partial charge in [0.1, 0.15) is 0 Å². The first-order chi connectivity index (χ1) is 9.63. The highest BCUT2D eigenvalue weighted by atomic mass is 16.5. The molecule has 1 heterocycles. The second-order valence-corrected chi connectivity index (χ2v) is 6.13. The van der Waals surface area contributed by atoms with Crippen molar-refractivity contribution in [2.24, 2.45) is 5.92 Å². The van der Waals surface area contributed by atoms with Crippen LogP contribution in [0.2, 0.25) is 0 Å². The molecule has 5 nitrogen and oxygen atoms in total. The number of esters is 1. The van der Waals surface area contributed by atoms with Crippen molar-refractivity contribution in [1.82, 2.24) is 10.4 Å². The van der Waals surface area contributed by atoms with Gasteiger partial charge in [-0.1, -0.05) is 6.42 Å². The number of ether oxygens (including phenoxy) is 1. The third kappa shape index (κ3) is 4.43. The lowest BCUT2D eigenvalue weighted by molar-refractivity contribution is -0.151. The minimum absolute atomic E-state index is 0.0230. The summed E-state index contributed by atoms with van der Waals surface area (Å²) in [7, 11) is 0. The molecule has 5 heteroatoms. The van der Waals surface area contributed by atoms with Crippen molar-refractivity contribution in [2.45, 2.75) is 57.5 Å². The molecule has 116 valence electrons. The van der Waals surface area contributed by atoms with Crippen LogP contribution in [0, 0.1) is 5.92 Å². The first kappa shape index (κ1) is 15.7. The van der Waals surface area contributed by atoms with E-state index in [0.29, 0.717) is 26.0 Å². The van der Waals surface area contributed by atoms with Crippen LogP contribution in [0.25, 0.3) is 0 Å². The van der Waals surface area contributed by atoms with Crippen molar-refractivity contribution >= 4 is 5.97 Å². The molecule has 0 aromatic rings. The molecule has 0 unspecified atom stereocenters. The van der Waals surface area contributed by atoms with E-state index in [2.05, 4.69) is 10.4 Å². The highest BCUT2D eigenvalue weighted by Crippen LogP contribution is 2.32. The quantitative estimate of drug-likeness (QED) is 0.749. The molecule has 0 bridgehead atoms. The summed E-state index contributed by atoms with van der Waals surface area (Å²) < 4.78 is 5.06. The molecule has 1 saturated carbocycles. The lowest BCUT2D eigenvalue weighted by Crippen LogP contribution is -2.51. The van der Waals surface area contributed by atoms with E-state index >= 15 is 0 Å². The summed E-state index contributed by atoms with van der Waals surface area (Å²) in [5.74, 6) is -0.122. The molecular weight excluding hydrogens is 256 g/mol. The van der Waals surface area contributed by atoms with Crippen molar-refractivity contribution in [1.29, 1.82) is 0 Å². The second-order valence-electron chi connectivity index (χ2n) is 6.13. The van der Waals surface area contributed by atoms with Gasteiger partial charge in [-0.25, -0.2) is 5.01 Å². The van der Waals surface area contributed by atoms with Crippen molar-refractivity contribution in [2.75, 3.05) is 26.2 Å². The van der Waals surface area contributed by atoms with E-state index in [1.54, 1.807) is 0 Å². The van der Waals surface area contributed by atoms with Gasteiger partial charge in [-0.3, -0.25) is 10.2 Å². The van der Waals surface area contributed by atoms with E-state index in [0.717, 1.165) is 25.9 Å². The van der Waals surface area contributed by atoms with E-state index in [1.807, 2.05) is 6.92 Å². The predicted molar refractivity (Wildman–Crippen MR) is 77.0 cm³/mol. The summed E-state index contributed by atoms with van der Waals surface area (Å²) in [4.78, 5) is 11.7. The molecule has 1 aliphatic carbocycles. The van der Waals surface area contributed by atoms with Crippen molar-refractivity contribution < 1.29 is 14.6 Å². The van der Waals surface area contributed by atoms with Crippen LogP contribution in [-0.4, -0.2) is 47.9 Å². The number of rotatable bonds is 5. The number of hydrazine groups is 1. The van der Waals surface area contributed by atoms with Crippen LogP contribution >= 0.6 is 0 Å². The van der Waals surface area contributed by atoms with Gasteiger partial charge >= 0.3 is 5.97 Å². The van der Waals surface area contributed by atoms with Gasteiger partial charge in [0, 0.05) is 19.6 Å². The van der Waals surface area contributed by atoms with E-state index in [1.165, 1.54) is 19.3 Å². The SMILES string of the molecule is CCOC(=O)C1CCC(O)(CNN2CCCCC2)CC1. The van der Waals surface area contributed by atoms with Crippen molar-refractivity contribution in [3.63, 3.8) is 0 Å². The van der Waals surface area contributed by atoms with Gasteiger partial charge in [-0.05, 0) is 45.4 Å². The third-order valence-electron chi connectivity index (χ3n) is 4.52. The van der Waals surface area contributed by atoms with Crippen LogP contribution in [0.3, 0.4) is 0 Å². The van der Waals surface area contributed by atoms with Crippen LogP contribution in [0.4, 0.5) is 0 Å². The van der Waals surface area contributed by atoms with Crippen LogP contribution in [0.1, 0.15) is 51.9 Å². The zero-order valence-corrected chi connectivity index (χ0v) is 12.6. The molecular formula is C15H28N2O3. The molecule has 2 N–H and O–H groups in total. The number of carbonyl (C=O) groups excluding carboxylic acids is 1. The second kappa shape index (κ2) is 7.38. The Bertz CT molecular complexity index is 308. The molecule has 20 heavy (non-hydrogen) atoms. The predicted octanol–water partition coefficient (Wildman–Crippen LogP) is 1.46. The van der Waals surface area contributed by atoms with E-state index in [-0.39, 0.29) is 11.9 Å². The molecule has 0 aromatic carbocycles. The smallest absolute Gasteiger partial charge is 0.308 e. The number of piperidine rings is 1. The van der Waals surface area contributed by atoms with Gasteiger partial charge in [0.25, 0.3) is 0 Å². The van der Waals surface area contributed by atoms with Gasteiger partial charge in [0.15, 0.2) is 0 Å². The van der Waals surface area contributed by atoms with E-state index < -0.39 is 5.60 Å². The average molecular weight is 284 g/mol. The maximum atomic E-state index is 11.7. The zero-order valence-electron chi connectivity index (χ0n) is 12.6. The molecule has 2 fully saturated rings. The number of aliphatic hydroxyl groups is 1. The van der Waals surface area contributed by atoms with Gasteiger partial charge in [-0.2, -0.15) is 0 Å². The summed E-state index contributed by atoms with van der Waals surface area (Å²) >= 11 is 0. The Morgan fingerprint density at radius 3 is 2.55 bits per heavy atom. The molecule has 0 aromatic heterocycles. The highest BCUT2D eigenvalue weighted by molar-refractivity contribution is 5.72. The maximum Gasteiger partial charge on any atom is 0.308 e. The molecule has 1 aliphatic heterocycles. The fourth-order valence-corrected chi connectivity index (χ4v) is 3.14. The Morgan fingerprint density at radius 1 is 1.30 bits per heavy atom. The van der Waals surface area contributed by atoms with Gasteiger partial charge in [0.05, 0.1) is 18.1 Å². The Labute approximate surface area is 121 Å². The number of hydrogen-bond donors (Lipinski definition) is 2. The Hall–Kier alpha value is -0.650. The minimum atomic E-state index is -0.666. The molecule has 1 saturated heterocycles. The minimum Gasteiger partial charge on any atom is -0.466 e. The molecule has 2 rings (SSSR count). The maximum absolute atomic E-state index is 11.7. The Balaban J connectivity index is 1.71. The molecule has 2 aliphatic rings. The first-order valence-corrected chi connectivity index (χ1v) is 8.00. The van der Waals surface area contributed by atoms with Crippen LogP contribution < -0.4 is 5.43 Å². The normalized spacial score (nSPS) is 32.0. The van der Waals surface area contributed by atoms with E-state index in [9.17, 15) is 9.90 Å². The zero-order chi connectivity index (χ0) is 14.4. The van der Waals surface area contributed by atoms with Crippen LogP contribution in [0.5, 0.6) is 0 Å². The molecule has 0 atom stereocenters. The fourth-order valence-electron chi connectivity index (χ4n) is 3.14. The molecule has 0 spiro atoms. The largest absolute Gasteiger partial charge is 0.466 e. The Kier molecular flexibility index (Phi) is 5.81. The third-order valence-corrected chi connectivity index (χ3v) is 4.52. The number of carbonyl (C=O) groups is 1. The lowest BCUT2D eigenvalue weighted by Gasteiger charge is -2.37. The topological polar surface area (TPSA) is 61.8 Å². The summed E-state index contributed by atoms with van der Waals surface area (Å²) in [6, 6.07) is 0. The summed E-state index contributed by atoms with van der Waals surface area (Å²) in [5.41, 5.74) is 2.70. The number of nitrogens with zero attached hydrogens (tertiary/aromatic N) is 1. The average Bonchev–Trinajstić information content (AvgIpc) is 2.47. The molecule has 0 amide bonds. The Morgan fingerprint density at radius 2 is 1.95 bits per heavy atom. The molecule has 0 radical (unpaired) electrons. The lowest BCUT2D eigenvalue weighted by atomic mass is 9.79. The first-order valence-electron chi connectivity index (χ1n) is 8.00. The van der Waals surface area contributed by atoms with Crippen molar-refractivity contribution in [3.05, 3.63) is 0 Å². The summed E-state index contributed by atoms with van der Waals surface area (Å²) in [5, 5.41) is 12.8. The van der Waals surface area contributed by atoms with Gasteiger partial charge in [0.2, 0.25) is 0 Å². The fraction of sp³-hybridized carbons (Fsp3) is 0.933. The summed E-state index contributed by atoms with van der Waals surface area (Å²) in [6.45, 7) is 5.02. The monoisotopic (exact) mass is 284 g/mol. The standard InChI is InChI=1S/C15H28N2O3/c1-2-20-14(18)13-6-8-15(19,9-7-13)12-16-17-10-4-3-5-11-17/h13,16,19H,2-12H2,1H3. The highest BCUT2D eigenvalue weighted by Gasteiger charge is 2.36. The number of hydrogen-bond acceptors (Lipinski definition) is 5. The van der Waals surface area contributed by atoms with Crippen molar-refractivity contribution in [3.8, 4) is 0 Å². The van der Waals surface area contributed by atoms with Crippen LogP contribution in [0.15, 0.2) is 0 Å². The number of nitrogens with one attached hydrogen (secondary N) is 1. The van der Waals surface area contributed by atoms with Crippen LogP contribution in [-0.2, 0) is 9.53 Å². The van der Waals surface area contributed by atoms with Gasteiger partial charge in [-0.15, -0.1) is 0 Å². The van der Waals surface area contributed by atoms with E-state index in [4.69, 9.17) is 4.74 Å². The van der Waals surface area contributed by atoms with Gasteiger partial charge < -0.3 is 9.84 Å². The summed E-state index contributed by atoms with van der Waals surface area (Å²) in [6.07, 6.45) is 6.60.